The van der Waals surface area contributed by atoms with Crippen LogP contribution in [-0.2, 0) is 19.9 Å². The molecule has 0 spiro atoms. The molecule has 2 atom stereocenters. The third kappa shape index (κ3) is 3.16. The van der Waals surface area contributed by atoms with E-state index in [1.54, 1.807) is 30.3 Å². The highest BCUT2D eigenvalue weighted by Crippen LogP contribution is 2.34. The summed E-state index contributed by atoms with van der Waals surface area (Å²) in [4.78, 5) is 23.9. The van der Waals surface area contributed by atoms with E-state index < -0.39 is 17.5 Å². The number of carbonyl (C=O) groups is 2. The van der Waals surface area contributed by atoms with Gasteiger partial charge in [0.15, 0.2) is 10.7 Å². The average molecular weight is 282 g/mol. The van der Waals surface area contributed by atoms with Crippen molar-refractivity contribution in [2.75, 3.05) is 12.9 Å². The fraction of sp³-hybridized carbons (Fsp3) is 0.429. The number of thioether (sulfide) groups is 1. The lowest BCUT2D eigenvalue weighted by Crippen LogP contribution is -2.45. The highest BCUT2D eigenvalue weighted by Gasteiger charge is 2.47. The first-order chi connectivity index (χ1) is 8.98. The van der Waals surface area contributed by atoms with Crippen molar-refractivity contribution in [3.05, 3.63) is 35.9 Å². The highest BCUT2D eigenvalue weighted by atomic mass is 32.2. The fourth-order valence-corrected chi connectivity index (χ4v) is 2.54. The molecule has 1 aromatic rings. The predicted molar refractivity (Wildman–Crippen MR) is 74.7 cm³/mol. The Morgan fingerprint density at radius 1 is 1.37 bits per heavy atom. The lowest BCUT2D eigenvalue weighted by atomic mass is 9.83. The standard InChI is InChI=1S/C14H18O4S/c1-4-19-12(15)10(2)14(17,13(16)18-3)11-8-6-5-7-9-11/h5-10,17H,4H2,1-3H3/t10-,14-/m0/s1. The van der Waals surface area contributed by atoms with Crippen LogP contribution >= 0.6 is 11.8 Å². The average Bonchev–Trinajstić information content (AvgIpc) is 2.45. The lowest BCUT2D eigenvalue weighted by Gasteiger charge is -2.30. The minimum absolute atomic E-state index is 0.237. The summed E-state index contributed by atoms with van der Waals surface area (Å²) in [5.74, 6) is -1.11. The molecule has 1 aromatic carbocycles. The van der Waals surface area contributed by atoms with E-state index in [9.17, 15) is 14.7 Å². The molecule has 4 nitrogen and oxygen atoms in total. The second kappa shape index (κ2) is 6.73. The molecule has 0 aliphatic heterocycles. The van der Waals surface area contributed by atoms with Crippen molar-refractivity contribution in [3.8, 4) is 0 Å². The van der Waals surface area contributed by atoms with Crippen LogP contribution in [0.3, 0.4) is 0 Å². The summed E-state index contributed by atoms with van der Waals surface area (Å²) in [6.07, 6.45) is 0. The van der Waals surface area contributed by atoms with Gasteiger partial charge >= 0.3 is 5.97 Å². The summed E-state index contributed by atoms with van der Waals surface area (Å²) in [7, 11) is 1.19. The largest absolute Gasteiger partial charge is 0.467 e. The van der Waals surface area contributed by atoms with Gasteiger partial charge in [-0.25, -0.2) is 4.79 Å². The van der Waals surface area contributed by atoms with E-state index in [4.69, 9.17) is 0 Å². The van der Waals surface area contributed by atoms with Gasteiger partial charge in [0.2, 0.25) is 0 Å². The van der Waals surface area contributed by atoms with E-state index in [-0.39, 0.29) is 5.12 Å². The van der Waals surface area contributed by atoms with Gasteiger partial charge in [-0.2, -0.15) is 0 Å². The summed E-state index contributed by atoms with van der Waals surface area (Å²) < 4.78 is 4.67. The van der Waals surface area contributed by atoms with Crippen LogP contribution < -0.4 is 0 Å². The predicted octanol–water partition coefficient (Wildman–Crippen LogP) is 1.96. The van der Waals surface area contributed by atoms with E-state index in [0.29, 0.717) is 11.3 Å². The van der Waals surface area contributed by atoms with Crippen molar-refractivity contribution in [2.45, 2.75) is 19.4 Å². The van der Waals surface area contributed by atoms with Gasteiger partial charge in [0.1, 0.15) is 0 Å². The first-order valence-electron chi connectivity index (χ1n) is 6.01. The second-order valence-electron chi connectivity index (χ2n) is 4.10. The monoisotopic (exact) mass is 282 g/mol. The number of hydrogen-bond donors (Lipinski definition) is 1. The molecule has 0 saturated carbocycles. The SMILES string of the molecule is CCSC(=O)[C@H](C)[C@@](O)(C(=O)OC)c1ccccc1. The second-order valence-corrected chi connectivity index (χ2v) is 5.37. The maximum atomic E-state index is 12.0. The Hall–Kier alpha value is -1.33. The van der Waals surface area contributed by atoms with E-state index in [1.165, 1.54) is 14.0 Å². The van der Waals surface area contributed by atoms with E-state index in [2.05, 4.69) is 4.74 Å². The van der Waals surface area contributed by atoms with Gasteiger partial charge in [-0.15, -0.1) is 0 Å². The summed E-state index contributed by atoms with van der Waals surface area (Å²) in [6.45, 7) is 3.38. The van der Waals surface area contributed by atoms with Crippen molar-refractivity contribution in [1.82, 2.24) is 0 Å². The van der Waals surface area contributed by atoms with Crippen LogP contribution in [0.25, 0.3) is 0 Å². The molecule has 5 heteroatoms. The molecule has 0 heterocycles. The minimum atomic E-state index is -1.95. The molecule has 0 bridgehead atoms. The van der Waals surface area contributed by atoms with Crippen LogP contribution in [0.4, 0.5) is 0 Å². The summed E-state index contributed by atoms with van der Waals surface area (Å²) >= 11 is 1.08. The number of ether oxygens (including phenoxy) is 1. The molecule has 0 amide bonds. The molecule has 1 rings (SSSR count). The Labute approximate surface area is 117 Å². The molecule has 0 unspecified atom stereocenters. The zero-order valence-electron chi connectivity index (χ0n) is 11.3. The zero-order chi connectivity index (χ0) is 14.5. The summed E-state index contributed by atoms with van der Waals surface area (Å²) in [5.41, 5.74) is -1.59. The van der Waals surface area contributed by atoms with Crippen LogP contribution in [-0.4, -0.2) is 29.1 Å². The van der Waals surface area contributed by atoms with Gasteiger partial charge in [-0.3, -0.25) is 4.79 Å². The number of methoxy groups -OCH3 is 1. The molecule has 0 aliphatic rings. The highest BCUT2D eigenvalue weighted by molar-refractivity contribution is 8.13. The first-order valence-corrected chi connectivity index (χ1v) is 7.00. The molecule has 1 N–H and O–H groups in total. The van der Waals surface area contributed by atoms with Crippen molar-refractivity contribution in [1.29, 1.82) is 0 Å². The van der Waals surface area contributed by atoms with Gasteiger partial charge in [-0.1, -0.05) is 55.9 Å². The minimum Gasteiger partial charge on any atom is -0.467 e. The van der Waals surface area contributed by atoms with Crippen LogP contribution in [0.5, 0.6) is 0 Å². The Morgan fingerprint density at radius 3 is 2.42 bits per heavy atom. The van der Waals surface area contributed by atoms with E-state index in [1.807, 2.05) is 6.92 Å². The van der Waals surface area contributed by atoms with Crippen LogP contribution in [0.1, 0.15) is 19.4 Å². The van der Waals surface area contributed by atoms with Crippen molar-refractivity contribution in [2.24, 2.45) is 5.92 Å². The maximum Gasteiger partial charge on any atom is 0.343 e. The van der Waals surface area contributed by atoms with Crippen molar-refractivity contribution in [3.63, 3.8) is 0 Å². The van der Waals surface area contributed by atoms with E-state index >= 15 is 0 Å². The normalized spacial score (nSPS) is 15.4. The van der Waals surface area contributed by atoms with Crippen molar-refractivity contribution >= 4 is 22.8 Å². The van der Waals surface area contributed by atoms with Gasteiger partial charge in [0, 0.05) is 0 Å². The number of aliphatic hydroxyl groups is 1. The Morgan fingerprint density at radius 2 is 1.95 bits per heavy atom. The molecule has 0 fully saturated rings. The number of benzene rings is 1. The van der Waals surface area contributed by atoms with Crippen molar-refractivity contribution < 1.29 is 19.4 Å². The zero-order valence-corrected chi connectivity index (χ0v) is 12.1. The van der Waals surface area contributed by atoms with Gasteiger partial charge in [-0.05, 0) is 11.3 Å². The Bertz CT molecular complexity index is 446. The smallest absolute Gasteiger partial charge is 0.343 e. The molecule has 0 saturated heterocycles. The fourth-order valence-electron chi connectivity index (χ4n) is 1.83. The first kappa shape index (κ1) is 15.7. The summed E-state index contributed by atoms with van der Waals surface area (Å²) in [5, 5.41) is 10.5. The topological polar surface area (TPSA) is 63.6 Å². The molecule has 104 valence electrons. The number of carbonyl (C=O) groups excluding carboxylic acids is 2. The lowest BCUT2D eigenvalue weighted by molar-refractivity contribution is -0.171. The van der Waals surface area contributed by atoms with Gasteiger partial charge < -0.3 is 9.84 Å². The number of rotatable bonds is 5. The molecular formula is C14H18O4S. The molecule has 0 aliphatic carbocycles. The Kier molecular flexibility index (Phi) is 5.57. The maximum absolute atomic E-state index is 12.0. The third-order valence-electron chi connectivity index (χ3n) is 2.98. The number of esters is 1. The third-order valence-corrected chi connectivity index (χ3v) is 3.90. The molecular weight excluding hydrogens is 264 g/mol. The van der Waals surface area contributed by atoms with Crippen LogP contribution in [0.15, 0.2) is 30.3 Å². The number of hydrogen-bond acceptors (Lipinski definition) is 5. The Balaban J connectivity index is 3.21. The van der Waals surface area contributed by atoms with E-state index in [0.717, 1.165) is 11.8 Å². The van der Waals surface area contributed by atoms with Crippen LogP contribution in [0.2, 0.25) is 0 Å². The van der Waals surface area contributed by atoms with Gasteiger partial charge in [0.05, 0.1) is 13.0 Å². The van der Waals surface area contributed by atoms with Gasteiger partial charge in [0.25, 0.3) is 0 Å². The summed E-state index contributed by atoms with van der Waals surface area (Å²) in [6, 6.07) is 8.39. The van der Waals surface area contributed by atoms with Crippen LogP contribution in [0, 0.1) is 5.92 Å². The molecule has 19 heavy (non-hydrogen) atoms. The quantitative estimate of drug-likeness (QED) is 0.836. The molecule has 0 aromatic heterocycles. The molecule has 0 radical (unpaired) electrons.